The highest BCUT2D eigenvalue weighted by Crippen LogP contribution is 2.39. The van der Waals surface area contributed by atoms with Crippen LogP contribution in [0.3, 0.4) is 0 Å². The molecule has 0 saturated carbocycles. The van der Waals surface area contributed by atoms with E-state index in [1.807, 2.05) is 18.2 Å². The minimum absolute atomic E-state index is 0.919. The minimum atomic E-state index is 0.919. The molecule has 0 spiro atoms. The quantitative estimate of drug-likeness (QED) is 0.260. The van der Waals surface area contributed by atoms with Crippen molar-refractivity contribution in [3.05, 3.63) is 138 Å². The molecule has 7 aromatic rings. The predicted molar refractivity (Wildman–Crippen MR) is 160 cm³/mol. The molecule has 5 aromatic carbocycles. The maximum atomic E-state index is 6.28. The first-order chi connectivity index (χ1) is 19.3. The van der Waals surface area contributed by atoms with E-state index < -0.39 is 0 Å². The van der Waals surface area contributed by atoms with E-state index in [0.29, 0.717) is 0 Å². The molecule has 2 aromatic heterocycles. The highest BCUT2D eigenvalue weighted by molar-refractivity contribution is 6.09. The van der Waals surface area contributed by atoms with Crippen molar-refractivity contribution in [1.82, 2.24) is 0 Å². The van der Waals surface area contributed by atoms with Crippen LogP contribution in [0.2, 0.25) is 0 Å². The summed E-state index contributed by atoms with van der Waals surface area (Å²) in [6.45, 7) is 0. The van der Waals surface area contributed by atoms with Crippen molar-refractivity contribution in [2.24, 2.45) is 0 Å². The fraction of sp³-hybridized carbons (Fsp3) is 0.0556. The van der Waals surface area contributed by atoms with Gasteiger partial charge in [0.1, 0.15) is 22.5 Å². The van der Waals surface area contributed by atoms with Gasteiger partial charge < -0.3 is 14.2 Å². The summed E-state index contributed by atoms with van der Waals surface area (Å²) in [6, 6.07) is 40.1. The van der Waals surface area contributed by atoms with Gasteiger partial charge in [0.25, 0.3) is 0 Å². The largest absolute Gasteiger partial charge is 0.456 e. The topological polar surface area (TPSA) is 38.3 Å². The van der Waals surface area contributed by atoms with Crippen molar-refractivity contribution in [3.8, 4) is 11.1 Å². The van der Waals surface area contributed by atoms with Gasteiger partial charge >= 0.3 is 0 Å². The Morgan fingerprint density at radius 3 is 1.95 bits per heavy atom. The van der Waals surface area contributed by atoms with Crippen LogP contribution in [0.1, 0.15) is 23.3 Å². The zero-order valence-corrected chi connectivity index (χ0v) is 21.3. The number of rotatable bonds is 4. The number of fused-ring (bicyclic) bond motifs is 6. The lowest BCUT2D eigenvalue weighted by Gasteiger charge is -2.14. The van der Waals surface area contributed by atoms with Gasteiger partial charge in [0, 0.05) is 44.2 Å². The molecule has 0 fully saturated rings. The molecule has 0 saturated heterocycles. The van der Waals surface area contributed by atoms with E-state index in [1.165, 1.54) is 22.1 Å². The number of anilines is 2. The fourth-order valence-corrected chi connectivity index (χ4v) is 5.87. The molecule has 1 aliphatic carbocycles. The Balaban J connectivity index is 1.05. The maximum absolute atomic E-state index is 6.28. The second-order valence-corrected chi connectivity index (χ2v) is 10.1. The monoisotopic (exact) mass is 503 g/mol. The second-order valence-electron chi connectivity index (χ2n) is 10.1. The summed E-state index contributed by atoms with van der Waals surface area (Å²) < 4.78 is 12.5. The number of hydrogen-bond donors (Lipinski definition) is 1. The third kappa shape index (κ3) is 3.66. The van der Waals surface area contributed by atoms with Gasteiger partial charge in [0.15, 0.2) is 0 Å². The van der Waals surface area contributed by atoms with Crippen molar-refractivity contribution >= 4 is 49.9 Å². The van der Waals surface area contributed by atoms with E-state index >= 15 is 0 Å². The molecule has 1 N–H and O–H groups in total. The molecule has 186 valence electrons. The normalized spacial score (nSPS) is 13.1. The Morgan fingerprint density at radius 2 is 1.18 bits per heavy atom. The van der Waals surface area contributed by atoms with E-state index in [4.69, 9.17) is 8.83 Å². The third-order valence-corrected chi connectivity index (χ3v) is 7.77. The number of aryl methyl sites for hydroxylation is 1. The Kier molecular flexibility index (Phi) is 4.95. The molecule has 0 bridgehead atoms. The average molecular weight is 504 g/mol. The van der Waals surface area contributed by atoms with Crippen LogP contribution in [-0.2, 0) is 6.42 Å². The van der Waals surface area contributed by atoms with Gasteiger partial charge in [-0.25, -0.2) is 0 Å². The first-order valence-corrected chi connectivity index (χ1v) is 13.4. The summed E-state index contributed by atoms with van der Waals surface area (Å²) in [7, 11) is 0. The van der Waals surface area contributed by atoms with Gasteiger partial charge in [-0.3, -0.25) is 0 Å². The molecule has 1 aliphatic rings. The second kappa shape index (κ2) is 8.78. The van der Waals surface area contributed by atoms with E-state index in [0.717, 1.165) is 68.6 Å². The Hall–Kier alpha value is -5.02. The number of para-hydroxylation sites is 3. The predicted octanol–water partition coefficient (Wildman–Crippen LogP) is 10.1. The van der Waals surface area contributed by atoms with Crippen molar-refractivity contribution < 1.29 is 8.83 Å². The van der Waals surface area contributed by atoms with Crippen LogP contribution in [0, 0.1) is 0 Å². The van der Waals surface area contributed by atoms with Crippen molar-refractivity contribution in [1.29, 1.82) is 0 Å². The summed E-state index contributed by atoms with van der Waals surface area (Å²) in [4.78, 5) is 0. The lowest BCUT2D eigenvalue weighted by Crippen LogP contribution is -1.98. The van der Waals surface area contributed by atoms with Gasteiger partial charge in [-0.15, -0.1) is 0 Å². The zero-order chi connectivity index (χ0) is 25.8. The molecule has 0 atom stereocenters. The molecule has 3 heteroatoms. The highest BCUT2D eigenvalue weighted by atomic mass is 16.3. The van der Waals surface area contributed by atoms with E-state index in [-0.39, 0.29) is 0 Å². The molecule has 8 rings (SSSR count). The molecular weight excluding hydrogens is 478 g/mol. The summed E-state index contributed by atoms with van der Waals surface area (Å²) >= 11 is 0. The average Bonchev–Trinajstić information content (AvgIpc) is 3.57. The van der Waals surface area contributed by atoms with Crippen LogP contribution < -0.4 is 5.32 Å². The Morgan fingerprint density at radius 1 is 0.538 bits per heavy atom. The summed E-state index contributed by atoms with van der Waals surface area (Å²) in [5, 5.41) is 7.07. The van der Waals surface area contributed by atoms with Crippen LogP contribution in [-0.4, -0.2) is 0 Å². The van der Waals surface area contributed by atoms with Crippen molar-refractivity contribution in [2.75, 3.05) is 5.32 Å². The maximum Gasteiger partial charge on any atom is 0.143 e. The van der Waals surface area contributed by atoms with Gasteiger partial charge in [0.2, 0.25) is 0 Å². The smallest absolute Gasteiger partial charge is 0.143 e. The number of nitrogens with one attached hydrogen (secondary N) is 1. The number of allylic oxidation sites excluding steroid dienone is 1. The van der Waals surface area contributed by atoms with E-state index in [1.54, 1.807) is 0 Å². The molecule has 0 amide bonds. The highest BCUT2D eigenvalue weighted by Gasteiger charge is 2.21. The summed E-state index contributed by atoms with van der Waals surface area (Å²) in [6.07, 6.45) is 4.35. The Labute approximate surface area is 226 Å². The summed E-state index contributed by atoms with van der Waals surface area (Å²) in [5.74, 6) is 1.01. The molecule has 0 radical (unpaired) electrons. The fourth-order valence-electron chi connectivity index (χ4n) is 5.87. The summed E-state index contributed by atoms with van der Waals surface area (Å²) in [5.41, 5.74) is 10.8. The van der Waals surface area contributed by atoms with E-state index in [9.17, 15) is 0 Å². The lowest BCUT2D eigenvalue weighted by molar-refractivity contribution is 0.591. The molecular formula is C36H25NO2. The van der Waals surface area contributed by atoms with Crippen LogP contribution >= 0.6 is 0 Å². The van der Waals surface area contributed by atoms with Crippen molar-refractivity contribution in [3.63, 3.8) is 0 Å². The first kappa shape index (κ1) is 22.0. The SMILES string of the molecule is C1=C(c2ccc(Nc3ccc(-c4cccc5c4oc4ccccc45)cc3)cc2)c2oc3ccccc3c2CC1. The molecule has 39 heavy (non-hydrogen) atoms. The van der Waals surface area contributed by atoms with Crippen LogP contribution in [0.5, 0.6) is 0 Å². The number of benzene rings is 5. The third-order valence-electron chi connectivity index (χ3n) is 7.77. The zero-order valence-electron chi connectivity index (χ0n) is 21.3. The van der Waals surface area contributed by atoms with Gasteiger partial charge in [0.05, 0.1) is 0 Å². The van der Waals surface area contributed by atoms with Crippen LogP contribution in [0.4, 0.5) is 11.4 Å². The van der Waals surface area contributed by atoms with Crippen molar-refractivity contribution in [2.45, 2.75) is 12.8 Å². The van der Waals surface area contributed by atoms with E-state index in [2.05, 4.69) is 108 Å². The van der Waals surface area contributed by atoms with Gasteiger partial charge in [-0.1, -0.05) is 84.9 Å². The Bertz CT molecular complexity index is 2020. The van der Waals surface area contributed by atoms with Gasteiger partial charge in [-0.2, -0.15) is 0 Å². The number of furan rings is 2. The standard InChI is InChI=1S/C36H25NO2/c1-3-13-33-29(7-1)31-11-5-9-27(35(31)38-33)23-15-19-25(20-16-23)37-26-21-17-24(18-22-26)28-10-6-12-32-30-8-2-4-14-34(30)39-36(28)32/h1-5,7-11,13-22,37H,6,12H2. The molecule has 0 unspecified atom stereocenters. The molecule has 2 heterocycles. The van der Waals surface area contributed by atoms with Gasteiger partial charge in [-0.05, 0) is 60.4 Å². The lowest BCUT2D eigenvalue weighted by atomic mass is 9.91. The molecule has 0 aliphatic heterocycles. The first-order valence-electron chi connectivity index (χ1n) is 13.4. The van der Waals surface area contributed by atoms with Crippen LogP contribution in [0.15, 0.2) is 130 Å². The number of hydrogen-bond acceptors (Lipinski definition) is 3. The minimum Gasteiger partial charge on any atom is -0.456 e. The molecule has 3 nitrogen and oxygen atoms in total. The van der Waals surface area contributed by atoms with Crippen LogP contribution in [0.25, 0.3) is 49.6 Å².